The van der Waals surface area contributed by atoms with E-state index in [0.29, 0.717) is 6.54 Å². The van der Waals surface area contributed by atoms with E-state index in [0.717, 1.165) is 27.8 Å². The predicted octanol–water partition coefficient (Wildman–Crippen LogP) is 3.82. The zero-order chi connectivity index (χ0) is 16.8. The molecule has 0 aliphatic heterocycles. The SMILES string of the molecule is CCC(Sc1nncc2ccccc12)C(=O)NCc1ccccc1. The Balaban J connectivity index is 1.70. The number of rotatable bonds is 6. The smallest absolute Gasteiger partial charge is 0.233 e. The third-order valence-corrected chi connectivity index (χ3v) is 5.12. The molecular weight excluding hydrogens is 318 g/mol. The van der Waals surface area contributed by atoms with Gasteiger partial charge in [0.1, 0.15) is 5.03 Å². The highest BCUT2D eigenvalue weighted by Crippen LogP contribution is 2.29. The van der Waals surface area contributed by atoms with Gasteiger partial charge in [-0.05, 0) is 12.0 Å². The summed E-state index contributed by atoms with van der Waals surface area (Å²) in [6.45, 7) is 2.55. The van der Waals surface area contributed by atoms with E-state index in [-0.39, 0.29) is 11.2 Å². The third-order valence-electron chi connectivity index (χ3n) is 3.76. The van der Waals surface area contributed by atoms with Gasteiger partial charge in [-0.1, -0.05) is 73.3 Å². The summed E-state index contributed by atoms with van der Waals surface area (Å²) in [6, 6.07) is 17.9. The summed E-state index contributed by atoms with van der Waals surface area (Å²) in [5.74, 6) is 0.0288. The molecule has 1 atom stereocenters. The van der Waals surface area contributed by atoms with E-state index in [1.54, 1.807) is 6.20 Å². The maximum Gasteiger partial charge on any atom is 0.233 e. The molecule has 3 aromatic rings. The van der Waals surface area contributed by atoms with E-state index >= 15 is 0 Å². The van der Waals surface area contributed by atoms with Crippen molar-refractivity contribution in [3.05, 3.63) is 66.4 Å². The molecule has 1 unspecified atom stereocenters. The van der Waals surface area contributed by atoms with Crippen LogP contribution in [0.4, 0.5) is 0 Å². The van der Waals surface area contributed by atoms with Crippen LogP contribution in [0.15, 0.2) is 65.8 Å². The average Bonchev–Trinajstić information content (AvgIpc) is 2.65. The number of benzene rings is 2. The van der Waals surface area contributed by atoms with Crippen molar-refractivity contribution in [2.24, 2.45) is 0 Å². The van der Waals surface area contributed by atoms with Crippen LogP contribution in [0.25, 0.3) is 10.8 Å². The fraction of sp³-hybridized carbons (Fsp3) is 0.211. The van der Waals surface area contributed by atoms with Crippen molar-refractivity contribution < 1.29 is 4.79 Å². The van der Waals surface area contributed by atoms with Gasteiger partial charge in [-0.3, -0.25) is 4.79 Å². The normalized spacial score (nSPS) is 12.0. The highest BCUT2D eigenvalue weighted by atomic mass is 32.2. The van der Waals surface area contributed by atoms with Crippen molar-refractivity contribution in [3.63, 3.8) is 0 Å². The Bertz CT molecular complexity index is 818. The van der Waals surface area contributed by atoms with Crippen molar-refractivity contribution in [1.29, 1.82) is 0 Å². The van der Waals surface area contributed by atoms with Crippen molar-refractivity contribution in [3.8, 4) is 0 Å². The minimum absolute atomic E-state index is 0.0288. The summed E-state index contributed by atoms with van der Waals surface area (Å²) < 4.78 is 0. The fourth-order valence-electron chi connectivity index (χ4n) is 2.44. The van der Waals surface area contributed by atoms with Crippen LogP contribution in [-0.4, -0.2) is 21.4 Å². The van der Waals surface area contributed by atoms with Gasteiger partial charge in [-0.25, -0.2) is 0 Å². The van der Waals surface area contributed by atoms with E-state index in [2.05, 4.69) is 15.5 Å². The van der Waals surface area contributed by atoms with Crippen molar-refractivity contribution in [1.82, 2.24) is 15.5 Å². The van der Waals surface area contributed by atoms with Crippen LogP contribution in [0, 0.1) is 0 Å². The number of carbonyl (C=O) groups is 1. The van der Waals surface area contributed by atoms with E-state index in [4.69, 9.17) is 0 Å². The molecule has 0 saturated carbocycles. The summed E-state index contributed by atoms with van der Waals surface area (Å²) in [6.07, 6.45) is 2.48. The topological polar surface area (TPSA) is 54.9 Å². The number of nitrogens with one attached hydrogen (secondary N) is 1. The molecule has 0 bridgehead atoms. The Morgan fingerprint density at radius 1 is 1.12 bits per heavy atom. The fourth-order valence-corrected chi connectivity index (χ4v) is 3.48. The molecule has 24 heavy (non-hydrogen) atoms. The lowest BCUT2D eigenvalue weighted by Gasteiger charge is -2.15. The minimum atomic E-state index is -0.186. The molecule has 1 heterocycles. The Labute approximate surface area is 145 Å². The van der Waals surface area contributed by atoms with Crippen LogP contribution in [0.5, 0.6) is 0 Å². The first kappa shape index (κ1) is 16.5. The second-order valence-electron chi connectivity index (χ2n) is 5.46. The number of thioether (sulfide) groups is 1. The molecule has 5 heteroatoms. The lowest BCUT2D eigenvalue weighted by Crippen LogP contribution is -2.31. The van der Waals surface area contributed by atoms with Gasteiger partial charge in [-0.15, -0.1) is 5.10 Å². The number of amides is 1. The van der Waals surface area contributed by atoms with Gasteiger partial charge in [0.05, 0.1) is 11.4 Å². The second kappa shape index (κ2) is 7.93. The molecule has 1 amide bonds. The molecule has 1 aromatic heterocycles. The number of carbonyl (C=O) groups excluding carboxylic acids is 1. The number of nitrogens with zero attached hydrogens (tertiary/aromatic N) is 2. The van der Waals surface area contributed by atoms with Gasteiger partial charge in [-0.2, -0.15) is 5.10 Å². The Morgan fingerprint density at radius 2 is 1.88 bits per heavy atom. The number of hydrogen-bond donors (Lipinski definition) is 1. The maximum absolute atomic E-state index is 12.5. The highest BCUT2D eigenvalue weighted by Gasteiger charge is 2.19. The lowest BCUT2D eigenvalue weighted by atomic mass is 10.2. The van der Waals surface area contributed by atoms with Crippen LogP contribution in [0.2, 0.25) is 0 Å². The van der Waals surface area contributed by atoms with E-state index in [1.165, 1.54) is 11.8 Å². The first-order valence-corrected chi connectivity index (χ1v) is 8.84. The molecule has 4 nitrogen and oxygen atoms in total. The minimum Gasteiger partial charge on any atom is -0.351 e. The highest BCUT2D eigenvalue weighted by molar-refractivity contribution is 8.00. The molecule has 3 rings (SSSR count). The van der Waals surface area contributed by atoms with Gasteiger partial charge in [0.25, 0.3) is 0 Å². The molecular formula is C19H19N3OS. The molecule has 0 fully saturated rings. The number of hydrogen-bond acceptors (Lipinski definition) is 4. The summed E-state index contributed by atoms with van der Waals surface area (Å²) in [4.78, 5) is 12.5. The molecule has 122 valence electrons. The summed E-state index contributed by atoms with van der Waals surface area (Å²) >= 11 is 1.48. The Hall–Kier alpha value is -2.40. The molecule has 0 aliphatic carbocycles. The third kappa shape index (κ3) is 3.92. The van der Waals surface area contributed by atoms with Crippen LogP contribution in [0.1, 0.15) is 18.9 Å². The van der Waals surface area contributed by atoms with Crippen LogP contribution < -0.4 is 5.32 Å². The van der Waals surface area contributed by atoms with Gasteiger partial charge < -0.3 is 5.32 Å². The van der Waals surface area contributed by atoms with Crippen LogP contribution in [-0.2, 0) is 11.3 Å². The van der Waals surface area contributed by atoms with Crippen molar-refractivity contribution >= 4 is 28.4 Å². The summed E-state index contributed by atoms with van der Waals surface area (Å²) in [7, 11) is 0. The monoisotopic (exact) mass is 337 g/mol. The van der Waals surface area contributed by atoms with Crippen molar-refractivity contribution in [2.75, 3.05) is 0 Å². The molecule has 0 spiro atoms. The van der Waals surface area contributed by atoms with E-state index < -0.39 is 0 Å². The van der Waals surface area contributed by atoms with E-state index in [9.17, 15) is 4.79 Å². The molecule has 0 saturated heterocycles. The van der Waals surface area contributed by atoms with Crippen molar-refractivity contribution in [2.45, 2.75) is 30.2 Å². The van der Waals surface area contributed by atoms with Gasteiger partial charge in [0.15, 0.2) is 0 Å². The maximum atomic E-state index is 12.5. The standard InChI is InChI=1S/C19H19N3OS/c1-2-17(18(23)20-12-14-8-4-3-5-9-14)24-19-16-11-7-6-10-15(16)13-21-22-19/h3-11,13,17H,2,12H2,1H3,(H,20,23). The Kier molecular flexibility index (Phi) is 5.43. The molecule has 2 aromatic carbocycles. The molecule has 0 aliphatic rings. The van der Waals surface area contributed by atoms with Gasteiger partial charge in [0.2, 0.25) is 5.91 Å². The average molecular weight is 337 g/mol. The van der Waals surface area contributed by atoms with E-state index in [1.807, 2.05) is 61.5 Å². The first-order chi connectivity index (χ1) is 11.8. The zero-order valence-corrected chi connectivity index (χ0v) is 14.3. The van der Waals surface area contributed by atoms with Gasteiger partial charge >= 0.3 is 0 Å². The van der Waals surface area contributed by atoms with Crippen LogP contribution >= 0.6 is 11.8 Å². The Morgan fingerprint density at radius 3 is 2.67 bits per heavy atom. The molecule has 0 radical (unpaired) electrons. The largest absolute Gasteiger partial charge is 0.351 e. The first-order valence-electron chi connectivity index (χ1n) is 7.96. The van der Waals surface area contributed by atoms with Gasteiger partial charge in [0, 0.05) is 17.3 Å². The number of aromatic nitrogens is 2. The predicted molar refractivity (Wildman–Crippen MR) is 97.8 cm³/mol. The molecule has 1 N–H and O–H groups in total. The zero-order valence-electron chi connectivity index (χ0n) is 13.5. The summed E-state index contributed by atoms with van der Waals surface area (Å²) in [5, 5.41) is 14.0. The quantitative estimate of drug-likeness (QED) is 0.695. The van der Waals surface area contributed by atoms with Crippen LogP contribution in [0.3, 0.4) is 0 Å². The summed E-state index contributed by atoms with van der Waals surface area (Å²) in [5.41, 5.74) is 1.09. The number of fused-ring (bicyclic) bond motifs is 1. The lowest BCUT2D eigenvalue weighted by molar-refractivity contribution is -0.120. The second-order valence-corrected chi connectivity index (χ2v) is 6.65.